The van der Waals surface area contributed by atoms with Crippen molar-refractivity contribution in [1.82, 2.24) is 0 Å². The molecule has 7 aromatic rings. The molecule has 6 aliphatic rings. The Morgan fingerprint density at radius 1 is 0.571 bits per heavy atom. The van der Waals surface area contributed by atoms with Crippen molar-refractivity contribution in [3.63, 3.8) is 0 Å². The van der Waals surface area contributed by atoms with Gasteiger partial charge in [0.25, 0.3) is 0 Å². The van der Waals surface area contributed by atoms with Gasteiger partial charge in [-0.2, -0.15) is 0 Å². The van der Waals surface area contributed by atoms with Gasteiger partial charge in [-0.05, 0) is 159 Å². The fourth-order valence-electron chi connectivity index (χ4n) is 14.5. The van der Waals surface area contributed by atoms with Crippen LogP contribution in [0.4, 0.5) is 17.1 Å². The molecule has 0 N–H and O–H groups in total. The molecule has 2 heteroatoms. The molecule has 4 saturated carbocycles. The van der Waals surface area contributed by atoms with Crippen LogP contribution in [0.15, 0.2) is 132 Å². The second-order valence-electron chi connectivity index (χ2n) is 20.0. The van der Waals surface area contributed by atoms with Crippen molar-refractivity contribution in [2.24, 2.45) is 29.1 Å². The van der Waals surface area contributed by atoms with Crippen LogP contribution in [-0.4, -0.2) is 0 Å². The lowest BCUT2D eigenvalue weighted by Gasteiger charge is -2.76. The minimum absolute atomic E-state index is 0.0265. The van der Waals surface area contributed by atoms with Gasteiger partial charge in [-0.1, -0.05) is 119 Å². The maximum atomic E-state index is 6.76. The first-order valence-corrected chi connectivity index (χ1v) is 21.4. The normalized spacial score (nSPS) is 29.1. The third kappa shape index (κ3) is 3.71. The van der Waals surface area contributed by atoms with Crippen molar-refractivity contribution in [2.45, 2.75) is 82.5 Å². The Bertz CT molecular complexity index is 2820. The van der Waals surface area contributed by atoms with Crippen molar-refractivity contribution in [1.29, 1.82) is 0 Å². The molecule has 56 heavy (non-hydrogen) atoms. The maximum Gasteiger partial charge on any atom is 0.159 e. The average molecular weight is 728 g/mol. The standard InChI is InChI=1S/C54H49NO/c1-51(2)25-26-52(3,4)49-42(51)15-10-16-44(49)55(45-17-9-13-40-39-12-6-8-18-46(39)56-50(40)45)36-22-19-33(20-23-36)34-21-24-38-37-11-5-7-14-41(37)54(43(38)29-34)47-28-32-27-35-30-48(54)53(35,47)31-32/h5-24,29,32,35,47-48H,25-28,30-31H2,1-4H3. The predicted molar refractivity (Wildman–Crippen MR) is 230 cm³/mol. The second-order valence-corrected chi connectivity index (χ2v) is 20.0. The van der Waals surface area contributed by atoms with E-state index < -0.39 is 0 Å². The van der Waals surface area contributed by atoms with Gasteiger partial charge in [0.15, 0.2) is 5.58 Å². The summed E-state index contributed by atoms with van der Waals surface area (Å²) < 4.78 is 6.76. The SMILES string of the molecule is CC1(C)CCC(C)(C)c2c(N(c3ccc(-c4ccc5c(c4)C4(c6ccccc6-5)C5CC6CC7CC4C75C6)cc3)c3cccc4c3oc3ccccc34)cccc21. The quantitative estimate of drug-likeness (QED) is 0.179. The molecule has 0 amide bonds. The Kier molecular flexibility index (Phi) is 5.98. The van der Waals surface area contributed by atoms with Crippen LogP contribution in [0.5, 0.6) is 0 Å². The molecule has 276 valence electrons. The lowest BCUT2D eigenvalue weighted by Crippen LogP contribution is -2.73. The summed E-state index contributed by atoms with van der Waals surface area (Å²) in [5.74, 6) is 3.59. The Morgan fingerprint density at radius 3 is 2.14 bits per heavy atom. The molecule has 1 aromatic heterocycles. The molecule has 6 unspecified atom stereocenters. The molecule has 2 nitrogen and oxygen atoms in total. The van der Waals surface area contributed by atoms with Gasteiger partial charge in [0.05, 0.1) is 11.4 Å². The Hall–Kier alpha value is -5.08. The lowest BCUT2D eigenvalue weighted by molar-refractivity contribution is -0.231. The molecule has 0 aliphatic heterocycles. The van der Waals surface area contributed by atoms with Crippen LogP contribution in [0, 0.1) is 29.1 Å². The number of rotatable bonds is 4. The van der Waals surface area contributed by atoms with Gasteiger partial charge in [0.2, 0.25) is 0 Å². The van der Waals surface area contributed by atoms with Gasteiger partial charge >= 0.3 is 0 Å². The fraction of sp³-hybridized carbons (Fsp3) is 0.333. The van der Waals surface area contributed by atoms with Crippen molar-refractivity contribution < 1.29 is 4.42 Å². The summed E-state index contributed by atoms with van der Waals surface area (Å²) in [7, 11) is 0. The van der Waals surface area contributed by atoms with Gasteiger partial charge in [0.1, 0.15) is 5.58 Å². The highest BCUT2D eigenvalue weighted by molar-refractivity contribution is 6.10. The topological polar surface area (TPSA) is 16.4 Å². The second kappa shape index (κ2) is 10.5. The molecule has 0 saturated heterocycles. The van der Waals surface area contributed by atoms with Gasteiger partial charge in [-0.15, -0.1) is 0 Å². The third-order valence-electron chi connectivity index (χ3n) is 16.8. The highest BCUT2D eigenvalue weighted by atomic mass is 16.3. The monoisotopic (exact) mass is 727 g/mol. The zero-order valence-electron chi connectivity index (χ0n) is 33.0. The Morgan fingerprint density at radius 2 is 1.27 bits per heavy atom. The van der Waals surface area contributed by atoms with Crippen molar-refractivity contribution in [3.05, 3.63) is 150 Å². The Balaban J connectivity index is 0.969. The van der Waals surface area contributed by atoms with E-state index in [0.29, 0.717) is 5.41 Å². The number of furan rings is 1. The smallest absolute Gasteiger partial charge is 0.159 e. The summed E-state index contributed by atoms with van der Waals surface area (Å²) in [5, 5.41) is 2.32. The summed E-state index contributed by atoms with van der Waals surface area (Å²) >= 11 is 0. The summed E-state index contributed by atoms with van der Waals surface area (Å²) in [6.45, 7) is 9.73. The van der Waals surface area contributed by atoms with E-state index in [2.05, 4.69) is 160 Å². The zero-order chi connectivity index (χ0) is 37.3. The molecular weight excluding hydrogens is 679 g/mol. The molecule has 0 radical (unpaired) electrons. The summed E-state index contributed by atoms with van der Waals surface area (Å²) in [5.41, 5.74) is 18.1. The molecule has 4 fully saturated rings. The molecule has 1 heterocycles. The minimum Gasteiger partial charge on any atom is -0.454 e. The number of benzene rings is 6. The van der Waals surface area contributed by atoms with Crippen LogP contribution in [0.2, 0.25) is 0 Å². The molecule has 6 aromatic carbocycles. The van der Waals surface area contributed by atoms with Gasteiger partial charge in [0, 0.05) is 21.9 Å². The average Bonchev–Trinajstić information content (AvgIpc) is 3.95. The summed E-state index contributed by atoms with van der Waals surface area (Å²) in [6.07, 6.45) is 8.22. The number of para-hydroxylation sites is 2. The molecule has 2 spiro atoms. The Labute approximate surface area is 330 Å². The lowest BCUT2D eigenvalue weighted by atomic mass is 9.27. The van der Waals surface area contributed by atoms with E-state index in [-0.39, 0.29) is 16.2 Å². The van der Waals surface area contributed by atoms with Crippen LogP contribution in [0.1, 0.15) is 88.5 Å². The van der Waals surface area contributed by atoms with E-state index >= 15 is 0 Å². The van der Waals surface area contributed by atoms with Crippen LogP contribution >= 0.6 is 0 Å². The largest absolute Gasteiger partial charge is 0.454 e. The molecule has 6 atom stereocenters. The van der Waals surface area contributed by atoms with Gasteiger partial charge in [-0.3, -0.25) is 0 Å². The first kappa shape index (κ1) is 32.1. The van der Waals surface area contributed by atoms with Crippen LogP contribution in [0.3, 0.4) is 0 Å². The highest BCUT2D eigenvalue weighted by Crippen LogP contribution is 2.89. The first-order valence-electron chi connectivity index (χ1n) is 21.4. The molecule has 6 aliphatic carbocycles. The number of fused-ring (bicyclic) bond motifs is 12. The number of anilines is 3. The summed E-state index contributed by atoms with van der Waals surface area (Å²) in [4.78, 5) is 2.50. The van der Waals surface area contributed by atoms with E-state index in [9.17, 15) is 0 Å². The molecule has 13 rings (SSSR count). The van der Waals surface area contributed by atoms with E-state index in [1.165, 1.54) is 71.2 Å². The maximum absolute atomic E-state index is 6.76. The van der Waals surface area contributed by atoms with Crippen molar-refractivity contribution in [3.8, 4) is 22.3 Å². The van der Waals surface area contributed by atoms with E-state index in [0.717, 1.165) is 63.4 Å². The van der Waals surface area contributed by atoms with E-state index in [1.807, 2.05) is 0 Å². The number of hydrogen-bond acceptors (Lipinski definition) is 2. The zero-order valence-corrected chi connectivity index (χ0v) is 33.0. The number of nitrogens with zero attached hydrogens (tertiary/aromatic N) is 1. The minimum atomic E-state index is 0.0265. The highest BCUT2D eigenvalue weighted by Gasteiger charge is 2.84. The fourth-order valence-corrected chi connectivity index (χ4v) is 14.5. The number of hydrogen-bond donors (Lipinski definition) is 0. The van der Waals surface area contributed by atoms with Crippen molar-refractivity contribution >= 4 is 39.0 Å². The van der Waals surface area contributed by atoms with E-state index in [4.69, 9.17) is 4.42 Å². The van der Waals surface area contributed by atoms with Crippen LogP contribution < -0.4 is 4.90 Å². The van der Waals surface area contributed by atoms with Crippen LogP contribution in [0.25, 0.3) is 44.2 Å². The van der Waals surface area contributed by atoms with Gasteiger partial charge < -0.3 is 9.32 Å². The van der Waals surface area contributed by atoms with Crippen LogP contribution in [-0.2, 0) is 16.2 Å². The summed E-state index contributed by atoms with van der Waals surface area (Å²) in [6, 6.07) is 48.6. The predicted octanol–water partition coefficient (Wildman–Crippen LogP) is 14.4. The molecular formula is C54H49NO. The van der Waals surface area contributed by atoms with Crippen molar-refractivity contribution in [2.75, 3.05) is 4.90 Å². The third-order valence-corrected chi connectivity index (χ3v) is 16.8. The first-order chi connectivity index (χ1) is 27.2. The molecule has 2 bridgehead atoms. The van der Waals surface area contributed by atoms with Gasteiger partial charge in [-0.25, -0.2) is 0 Å². The van der Waals surface area contributed by atoms with E-state index in [1.54, 1.807) is 11.1 Å².